The molecule has 4 fully saturated rings. The van der Waals surface area contributed by atoms with Gasteiger partial charge in [0.15, 0.2) is 29.0 Å². The Morgan fingerprint density at radius 2 is 1.29 bits per heavy atom. The number of hydrogen-bond acceptors (Lipinski definition) is 22. The van der Waals surface area contributed by atoms with Crippen molar-refractivity contribution >= 4 is 52.3 Å². The molecule has 1 unspecified atom stereocenters. The van der Waals surface area contributed by atoms with Gasteiger partial charge >= 0.3 is 23.5 Å². The molecule has 434 valence electrons. The van der Waals surface area contributed by atoms with Gasteiger partial charge in [-0.2, -0.15) is 0 Å². The van der Waals surface area contributed by atoms with Crippen molar-refractivity contribution in [2.45, 2.75) is 127 Å². The molecule has 77 heavy (non-hydrogen) atoms. The Kier molecular flexibility index (Phi) is 22.2. The van der Waals surface area contributed by atoms with Gasteiger partial charge in [-0.05, 0) is 39.5 Å². The van der Waals surface area contributed by atoms with Crippen LogP contribution in [0.2, 0.25) is 0 Å². The van der Waals surface area contributed by atoms with Crippen LogP contribution >= 0.6 is 23.5 Å². The van der Waals surface area contributed by atoms with Crippen molar-refractivity contribution in [1.29, 1.82) is 0 Å². The standard InChI is InChI=1S/C17H28N5O8P.C14H21N2O7P.C11H17N2O7P.CH4/c1-2-3-6-28-7-4-5-18-15-12-16(20-9-19-15)22(10-21-12)17-14(24)13(23)11(30-17)8-29-31(25,26)27;1-8-15-11(17)4-5-16(8)10-6-9(7-21-24(18,19)20)12-13(10)23-14(2,3)22-12;1-6-12-9(14)2-3-13(6)8-4-7(10(15)11(8)16)5-20-21(17,18)19;/h9-11,13-14,17,23-24H,2-8H2,1H3,(H,18,19,20)(H2,25,26,27);4-5,9-10,12-13H,1,6-7H2,2-3H3,(H,15,17)(H2,18,19,20);2-3,7-8,10-11,15-16H,1,4-5H2,(H,12,14)(H2,17,18,19);1H4/t11-,13-,14-,17-;9-,10-,12-,13?;7-,8-,10-,11+;/m111./s1. The second-order valence-corrected chi connectivity index (χ2v) is 22.4. The molecular weight excluding hydrogens is 1090 g/mol. The second-order valence-electron chi connectivity index (χ2n) is 18.7. The Morgan fingerprint density at radius 1 is 0.740 bits per heavy atom. The van der Waals surface area contributed by atoms with Gasteiger partial charge in [-0.15, -0.1) is 0 Å². The van der Waals surface area contributed by atoms with Crippen LogP contribution in [0.5, 0.6) is 0 Å². The summed E-state index contributed by atoms with van der Waals surface area (Å²) in [6.45, 7) is 14.1. The minimum absolute atomic E-state index is 0. The molecule has 2 aromatic heterocycles. The predicted molar refractivity (Wildman–Crippen MR) is 267 cm³/mol. The van der Waals surface area contributed by atoms with Crippen LogP contribution in [0.15, 0.2) is 62.0 Å². The van der Waals surface area contributed by atoms with Crippen LogP contribution in [0.25, 0.3) is 11.2 Å². The minimum Gasteiger partial charge on any atom is -0.390 e. The number of phosphoric acid groups is 3. The van der Waals surface area contributed by atoms with Crippen LogP contribution in [0.4, 0.5) is 5.82 Å². The maximum Gasteiger partial charge on any atom is 0.469 e. The van der Waals surface area contributed by atoms with Crippen LogP contribution in [0.3, 0.4) is 0 Å². The van der Waals surface area contributed by atoms with E-state index in [0.717, 1.165) is 25.9 Å². The summed E-state index contributed by atoms with van der Waals surface area (Å²) in [5.41, 5.74) is 0.819. The van der Waals surface area contributed by atoms with E-state index < -0.39 is 84.6 Å². The number of phosphoric ester groups is 3. The molecule has 2 saturated carbocycles. The third kappa shape index (κ3) is 17.4. The van der Waals surface area contributed by atoms with E-state index in [4.69, 9.17) is 48.3 Å². The molecule has 31 nitrogen and oxygen atoms in total. The molecular formula is C43H70N9O22P3. The van der Waals surface area contributed by atoms with Gasteiger partial charge in [-0.25, -0.2) is 28.6 Å². The summed E-state index contributed by atoms with van der Waals surface area (Å²) >= 11 is 0. The molecule has 34 heteroatoms. The highest BCUT2D eigenvalue weighted by Gasteiger charge is 2.56. The number of imidazole rings is 1. The smallest absolute Gasteiger partial charge is 0.390 e. The molecule has 2 amide bonds. The number of ether oxygens (including phenoxy) is 4. The third-order valence-electron chi connectivity index (χ3n) is 12.7. The Balaban J connectivity index is 0.000000216. The van der Waals surface area contributed by atoms with E-state index >= 15 is 0 Å². The van der Waals surface area contributed by atoms with E-state index in [-0.39, 0.29) is 68.9 Å². The molecule has 0 bridgehead atoms. The Morgan fingerprint density at radius 3 is 1.87 bits per heavy atom. The number of hydrogen-bond donors (Lipinski definition) is 13. The van der Waals surface area contributed by atoms with Crippen LogP contribution < -0.4 is 16.0 Å². The van der Waals surface area contributed by atoms with E-state index in [2.05, 4.69) is 64.6 Å². The van der Waals surface area contributed by atoms with Gasteiger partial charge in [-0.3, -0.25) is 27.7 Å². The molecule has 0 radical (unpaired) electrons. The lowest BCUT2D eigenvalue weighted by atomic mass is 10.1. The molecule has 2 saturated heterocycles. The first-order valence-electron chi connectivity index (χ1n) is 23.8. The van der Waals surface area contributed by atoms with Crippen molar-refractivity contribution in [3.63, 3.8) is 0 Å². The van der Waals surface area contributed by atoms with Gasteiger partial charge in [-0.1, -0.05) is 33.9 Å². The summed E-state index contributed by atoms with van der Waals surface area (Å²) in [4.78, 5) is 91.4. The van der Waals surface area contributed by atoms with Crippen molar-refractivity contribution in [1.82, 2.24) is 40.0 Å². The van der Waals surface area contributed by atoms with E-state index in [1.54, 1.807) is 24.9 Å². The maximum atomic E-state index is 11.4. The molecule has 2 aliphatic carbocycles. The molecule has 13 N–H and O–H groups in total. The summed E-state index contributed by atoms with van der Waals surface area (Å²) in [6, 6.07) is -0.763. The predicted octanol–water partition coefficient (Wildman–Crippen LogP) is -0.147. The van der Waals surface area contributed by atoms with E-state index in [1.165, 1.54) is 40.5 Å². The Hall–Kier alpha value is -4.14. The highest BCUT2D eigenvalue weighted by atomic mass is 31.2. The molecule has 6 aliphatic rings. The van der Waals surface area contributed by atoms with Gasteiger partial charge in [0, 0.05) is 56.1 Å². The lowest BCUT2D eigenvalue weighted by Gasteiger charge is -2.34. The van der Waals surface area contributed by atoms with Crippen molar-refractivity contribution < 1.29 is 106 Å². The number of aliphatic hydroxyl groups excluding tert-OH is 4. The molecule has 4 aliphatic heterocycles. The number of unbranched alkanes of at least 4 members (excludes halogenated alkanes) is 1. The number of amides is 2. The monoisotopic (exact) mass is 1160 g/mol. The fourth-order valence-corrected chi connectivity index (χ4v) is 10.3. The van der Waals surface area contributed by atoms with E-state index in [0.29, 0.717) is 42.4 Å². The highest BCUT2D eigenvalue weighted by Crippen LogP contribution is 2.47. The summed E-state index contributed by atoms with van der Waals surface area (Å²) in [5, 5.41) is 48.8. The van der Waals surface area contributed by atoms with Gasteiger partial charge in [0.1, 0.15) is 48.5 Å². The van der Waals surface area contributed by atoms with Crippen molar-refractivity contribution in [2.75, 3.05) is 44.9 Å². The Labute approximate surface area is 442 Å². The maximum absolute atomic E-state index is 11.4. The van der Waals surface area contributed by atoms with Crippen molar-refractivity contribution in [3.05, 3.63) is 62.0 Å². The number of carbonyl (C=O) groups excluding carboxylic acids is 2. The molecule has 0 aromatic carbocycles. The molecule has 6 heterocycles. The summed E-state index contributed by atoms with van der Waals surface area (Å²) < 4.78 is 70.4. The summed E-state index contributed by atoms with van der Waals surface area (Å²) in [5.74, 6) is -1.11. The number of nitrogens with zero attached hydrogens (tertiary/aromatic N) is 6. The lowest BCUT2D eigenvalue weighted by molar-refractivity contribution is -0.162. The first kappa shape index (κ1) is 63.7. The van der Waals surface area contributed by atoms with Crippen LogP contribution in [-0.2, 0) is 55.8 Å². The fourth-order valence-electron chi connectivity index (χ4n) is 9.18. The zero-order valence-electron chi connectivity index (χ0n) is 41.5. The van der Waals surface area contributed by atoms with Gasteiger partial charge < -0.3 is 94.5 Å². The molecule has 0 spiro atoms. The zero-order chi connectivity index (χ0) is 55.9. The van der Waals surface area contributed by atoms with Gasteiger partial charge in [0.2, 0.25) is 0 Å². The van der Waals surface area contributed by atoms with Crippen molar-refractivity contribution in [3.8, 4) is 0 Å². The first-order chi connectivity index (χ1) is 35.6. The minimum atomic E-state index is -4.74. The third-order valence-corrected chi connectivity index (χ3v) is 14.1. The highest BCUT2D eigenvalue weighted by molar-refractivity contribution is 7.46. The van der Waals surface area contributed by atoms with Crippen molar-refractivity contribution in [2.24, 2.45) is 11.8 Å². The quantitative estimate of drug-likeness (QED) is 0.0606. The largest absolute Gasteiger partial charge is 0.469 e. The number of carbonyl (C=O) groups is 2. The normalized spacial score (nSPS) is 29.8. The first-order valence-corrected chi connectivity index (χ1v) is 28.4. The molecule has 8 rings (SSSR count). The van der Waals surface area contributed by atoms with E-state index in [9.17, 15) is 43.7 Å². The topological polar surface area (TPSA) is 438 Å². The number of nitrogens with one attached hydrogen (secondary N) is 3. The van der Waals surface area contributed by atoms with Gasteiger partial charge in [0.25, 0.3) is 11.8 Å². The molecule has 12 atom stereocenters. The summed E-state index contributed by atoms with van der Waals surface area (Å²) in [7, 11) is -13.9. The average molecular weight is 1160 g/mol. The summed E-state index contributed by atoms with van der Waals surface area (Å²) in [6.07, 6.45) is 4.05. The van der Waals surface area contributed by atoms with E-state index in [1.807, 2.05) is 0 Å². The SMILES string of the molecule is C.C=C1NC(=O)C=CN1[C@@H]1C[C@H](COP(=O)(O)O)[C@@H](O)[C@H]1O.C=C1NC(=O)C=CN1[C@@H]1C[C@H](COP(=O)(O)O)[C@H]2OC(C)(C)OC12.CCCCOCCCNc1ncnc2c1ncn2[C@@H]1O[C@H](COP(=O)(O)O)[C@@H](O)[C@H]1O. The zero-order valence-corrected chi connectivity index (χ0v) is 44.2. The van der Waals surface area contributed by atoms with Crippen LogP contribution in [0.1, 0.15) is 66.5 Å². The van der Waals surface area contributed by atoms with Crippen LogP contribution in [-0.4, -0.2) is 191 Å². The molecule has 2 aromatic rings. The lowest BCUT2D eigenvalue weighted by Crippen LogP contribution is -2.45. The average Bonchev–Trinajstić information content (AvgIpc) is 4.12. The number of rotatable bonds is 20. The Bertz CT molecular complexity index is 2580. The second kappa shape index (κ2) is 26.9. The fraction of sp³-hybridized carbons (Fsp3) is 0.651. The van der Waals surface area contributed by atoms with Gasteiger partial charge in [0.05, 0.1) is 50.4 Å². The van der Waals surface area contributed by atoms with Crippen LogP contribution in [0, 0.1) is 11.8 Å². The number of aliphatic hydroxyl groups is 4. The number of aromatic nitrogens is 4. The number of fused-ring (bicyclic) bond motifs is 2. The number of anilines is 1.